The van der Waals surface area contributed by atoms with Crippen LogP contribution in [0.25, 0.3) is 0 Å². The lowest BCUT2D eigenvalue weighted by atomic mass is 10.1. The molecule has 0 aliphatic carbocycles. The third kappa shape index (κ3) is 3.27. The van der Waals surface area contributed by atoms with Crippen LogP contribution in [0, 0.1) is 0 Å². The molecule has 0 aromatic carbocycles. The summed E-state index contributed by atoms with van der Waals surface area (Å²) in [6.07, 6.45) is 6.24. The number of aromatic nitrogens is 2. The third-order valence-electron chi connectivity index (χ3n) is 4.75. The number of fused-ring (bicyclic) bond motifs is 1. The van der Waals surface area contributed by atoms with E-state index in [0.717, 1.165) is 51.5 Å². The van der Waals surface area contributed by atoms with E-state index in [1.165, 1.54) is 10.4 Å². The number of thiophene rings is 1. The summed E-state index contributed by atoms with van der Waals surface area (Å²) < 4.78 is 0. The molecule has 2 aliphatic rings. The molecule has 7 heteroatoms. The predicted octanol–water partition coefficient (Wildman–Crippen LogP) is 1.25. The Bertz CT molecular complexity index is 696. The van der Waals surface area contributed by atoms with Gasteiger partial charge in [0, 0.05) is 56.5 Å². The van der Waals surface area contributed by atoms with E-state index in [2.05, 4.69) is 31.2 Å². The zero-order valence-electron chi connectivity index (χ0n) is 13.6. The quantitative estimate of drug-likeness (QED) is 0.839. The number of nitrogens with zero attached hydrogens (tertiary/aromatic N) is 5. The molecule has 1 fully saturated rings. The van der Waals surface area contributed by atoms with Gasteiger partial charge in [0.1, 0.15) is 5.82 Å². The molecule has 0 saturated carbocycles. The summed E-state index contributed by atoms with van der Waals surface area (Å²) in [6.45, 7) is 5.57. The maximum absolute atomic E-state index is 12.6. The van der Waals surface area contributed by atoms with Crippen molar-refractivity contribution in [2.45, 2.75) is 13.0 Å². The number of piperazine rings is 1. The van der Waals surface area contributed by atoms with E-state index in [0.29, 0.717) is 6.54 Å². The van der Waals surface area contributed by atoms with E-state index >= 15 is 0 Å². The van der Waals surface area contributed by atoms with E-state index in [-0.39, 0.29) is 5.91 Å². The minimum atomic E-state index is 0.243. The van der Waals surface area contributed by atoms with Crippen molar-refractivity contribution in [3.63, 3.8) is 0 Å². The molecule has 4 rings (SSSR count). The molecule has 1 saturated heterocycles. The molecule has 2 aliphatic heterocycles. The Morgan fingerprint density at radius 2 is 2.04 bits per heavy atom. The van der Waals surface area contributed by atoms with Gasteiger partial charge in [0.25, 0.3) is 0 Å². The Labute approximate surface area is 145 Å². The number of carbonyl (C=O) groups excluding carboxylic acids is 1. The van der Waals surface area contributed by atoms with E-state index in [1.54, 1.807) is 18.6 Å². The molecule has 0 N–H and O–H groups in total. The van der Waals surface area contributed by atoms with E-state index in [1.807, 2.05) is 16.2 Å². The van der Waals surface area contributed by atoms with Crippen molar-refractivity contribution in [1.82, 2.24) is 19.8 Å². The summed E-state index contributed by atoms with van der Waals surface area (Å²) in [7, 11) is 0. The second-order valence-electron chi connectivity index (χ2n) is 6.26. The first-order chi connectivity index (χ1) is 11.8. The van der Waals surface area contributed by atoms with Gasteiger partial charge in [-0.2, -0.15) is 0 Å². The van der Waals surface area contributed by atoms with Crippen molar-refractivity contribution in [2.24, 2.45) is 0 Å². The molecule has 0 radical (unpaired) electrons. The van der Waals surface area contributed by atoms with Crippen molar-refractivity contribution in [2.75, 3.05) is 44.2 Å². The average Bonchev–Trinajstić information content (AvgIpc) is 3.10. The topological polar surface area (TPSA) is 52.6 Å². The second kappa shape index (κ2) is 6.86. The maximum Gasteiger partial charge on any atom is 0.236 e. The number of amides is 1. The lowest BCUT2D eigenvalue weighted by molar-refractivity contribution is -0.132. The average molecular weight is 343 g/mol. The Morgan fingerprint density at radius 3 is 2.83 bits per heavy atom. The van der Waals surface area contributed by atoms with E-state index < -0.39 is 0 Å². The number of carbonyl (C=O) groups is 1. The zero-order chi connectivity index (χ0) is 16.4. The Hall–Kier alpha value is -1.99. The highest BCUT2D eigenvalue weighted by Gasteiger charge is 2.25. The molecule has 0 unspecified atom stereocenters. The normalized spacial score (nSPS) is 18.5. The molecule has 1 amide bonds. The van der Waals surface area contributed by atoms with Crippen LogP contribution in [-0.2, 0) is 17.8 Å². The lowest BCUT2D eigenvalue weighted by Gasteiger charge is -2.36. The van der Waals surface area contributed by atoms with E-state index in [4.69, 9.17) is 0 Å². The van der Waals surface area contributed by atoms with Crippen molar-refractivity contribution in [3.8, 4) is 0 Å². The maximum atomic E-state index is 12.6. The van der Waals surface area contributed by atoms with Crippen LogP contribution < -0.4 is 4.90 Å². The fourth-order valence-electron chi connectivity index (χ4n) is 3.37. The fourth-order valence-corrected chi connectivity index (χ4v) is 4.26. The van der Waals surface area contributed by atoms with Crippen LogP contribution in [0.1, 0.15) is 10.4 Å². The molecule has 0 atom stereocenters. The summed E-state index contributed by atoms with van der Waals surface area (Å²) in [5.74, 6) is 1.14. The smallest absolute Gasteiger partial charge is 0.236 e. The fraction of sp³-hybridized carbons (Fsp3) is 0.471. The lowest BCUT2D eigenvalue weighted by Crippen LogP contribution is -2.51. The van der Waals surface area contributed by atoms with Gasteiger partial charge >= 0.3 is 0 Å². The molecule has 2 aromatic heterocycles. The second-order valence-corrected chi connectivity index (χ2v) is 7.26. The Balaban J connectivity index is 1.29. The highest BCUT2D eigenvalue weighted by atomic mass is 32.1. The van der Waals surface area contributed by atoms with E-state index in [9.17, 15) is 4.79 Å². The van der Waals surface area contributed by atoms with Gasteiger partial charge in [-0.1, -0.05) is 0 Å². The largest absolute Gasteiger partial charge is 0.352 e. The van der Waals surface area contributed by atoms with Crippen molar-refractivity contribution in [3.05, 3.63) is 40.5 Å². The van der Waals surface area contributed by atoms with Crippen LogP contribution in [0.5, 0.6) is 0 Å². The molecule has 0 spiro atoms. The number of anilines is 1. The first kappa shape index (κ1) is 15.5. The van der Waals surface area contributed by atoms with Gasteiger partial charge in [-0.25, -0.2) is 4.98 Å². The van der Waals surface area contributed by atoms with Gasteiger partial charge in [-0.3, -0.25) is 14.7 Å². The molecular formula is C17H21N5OS. The molecule has 4 heterocycles. The zero-order valence-corrected chi connectivity index (χ0v) is 14.4. The van der Waals surface area contributed by atoms with Crippen LogP contribution in [-0.4, -0.2) is 64.9 Å². The molecule has 6 nitrogen and oxygen atoms in total. The monoisotopic (exact) mass is 343 g/mol. The minimum Gasteiger partial charge on any atom is -0.352 e. The SMILES string of the molecule is O=C(CN1CCc2sccc2C1)N1CCN(c2cnccn2)CC1. The summed E-state index contributed by atoms with van der Waals surface area (Å²) in [5, 5.41) is 2.15. The molecular weight excluding hydrogens is 322 g/mol. The van der Waals surface area contributed by atoms with Crippen LogP contribution in [0.15, 0.2) is 30.0 Å². The van der Waals surface area contributed by atoms with Gasteiger partial charge in [-0.15, -0.1) is 11.3 Å². The van der Waals surface area contributed by atoms with Crippen molar-refractivity contribution < 1.29 is 4.79 Å². The molecule has 24 heavy (non-hydrogen) atoms. The summed E-state index contributed by atoms with van der Waals surface area (Å²) in [4.78, 5) is 29.0. The van der Waals surface area contributed by atoms with Gasteiger partial charge in [0.05, 0.1) is 12.7 Å². The Kier molecular flexibility index (Phi) is 4.44. The van der Waals surface area contributed by atoms with Crippen LogP contribution in [0.2, 0.25) is 0 Å². The molecule has 0 bridgehead atoms. The number of hydrogen-bond acceptors (Lipinski definition) is 6. The van der Waals surface area contributed by atoms with Crippen LogP contribution in [0.4, 0.5) is 5.82 Å². The first-order valence-electron chi connectivity index (χ1n) is 8.36. The standard InChI is InChI=1S/C17H21N5OS/c23-17(13-20-5-1-15-14(12-20)2-10-24-15)22-8-6-21(7-9-22)16-11-18-3-4-19-16/h2-4,10-11H,1,5-9,12-13H2. The summed E-state index contributed by atoms with van der Waals surface area (Å²) in [5.41, 5.74) is 1.39. The van der Waals surface area contributed by atoms with Crippen LogP contribution in [0.3, 0.4) is 0 Å². The van der Waals surface area contributed by atoms with Gasteiger partial charge in [0.2, 0.25) is 5.91 Å². The highest BCUT2D eigenvalue weighted by Crippen LogP contribution is 2.24. The van der Waals surface area contributed by atoms with Crippen LogP contribution >= 0.6 is 11.3 Å². The highest BCUT2D eigenvalue weighted by molar-refractivity contribution is 7.10. The summed E-state index contributed by atoms with van der Waals surface area (Å²) >= 11 is 1.83. The summed E-state index contributed by atoms with van der Waals surface area (Å²) in [6, 6.07) is 2.19. The number of hydrogen-bond donors (Lipinski definition) is 0. The van der Waals surface area contributed by atoms with Crippen molar-refractivity contribution in [1.29, 1.82) is 0 Å². The predicted molar refractivity (Wildman–Crippen MR) is 94.1 cm³/mol. The molecule has 126 valence electrons. The van der Waals surface area contributed by atoms with Gasteiger partial charge in [0.15, 0.2) is 0 Å². The number of rotatable bonds is 3. The Morgan fingerprint density at radius 1 is 1.17 bits per heavy atom. The minimum absolute atomic E-state index is 0.243. The van der Waals surface area contributed by atoms with Crippen molar-refractivity contribution >= 4 is 23.1 Å². The van der Waals surface area contributed by atoms with Gasteiger partial charge < -0.3 is 9.80 Å². The van der Waals surface area contributed by atoms with Gasteiger partial charge in [-0.05, 0) is 23.4 Å². The first-order valence-corrected chi connectivity index (χ1v) is 9.24. The third-order valence-corrected chi connectivity index (χ3v) is 5.77. The molecule has 2 aromatic rings.